The van der Waals surface area contributed by atoms with E-state index in [0.29, 0.717) is 18.6 Å². The molecule has 0 fully saturated rings. The fourth-order valence-electron chi connectivity index (χ4n) is 1.82. The average molecular weight is 277 g/mol. The molecule has 1 rings (SSSR count). The number of hydrogen-bond donors (Lipinski definition) is 1. The van der Waals surface area contributed by atoms with Gasteiger partial charge in [-0.2, -0.15) is 0 Å². The van der Waals surface area contributed by atoms with Crippen LogP contribution in [0.2, 0.25) is 0 Å². The molecule has 0 aromatic heterocycles. The third kappa shape index (κ3) is 6.92. The molecule has 1 aromatic rings. The van der Waals surface area contributed by atoms with Crippen molar-refractivity contribution in [2.75, 3.05) is 7.05 Å². The third-order valence-electron chi connectivity index (χ3n) is 3.07. The van der Waals surface area contributed by atoms with Gasteiger partial charge in [0.2, 0.25) is 5.91 Å². The van der Waals surface area contributed by atoms with E-state index < -0.39 is 0 Å². The van der Waals surface area contributed by atoms with Crippen molar-refractivity contribution in [2.45, 2.75) is 45.4 Å². The first-order chi connectivity index (χ1) is 9.61. The fourth-order valence-corrected chi connectivity index (χ4v) is 1.82. The number of amides is 1. The normalized spacial score (nSPS) is 10.1. The Morgan fingerprint density at radius 2 is 1.60 bits per heavy atom. The summed E-state index contributed by atoms with van der Waals surface area (Å²) >= 11 is 0. The number of hydrogen-bond acceptors (Lipinski definition) is 3. The average Bonchev–Trinajstić information content (AvgIpc) is 2.44. The Morgan fingerprint density at radius 3 is 2.20 bits per heavy atom. The van der Waals surface area contributed by atoms with Crippen molar-refractivity contribution in [3.63, 3.8) is 0 Å². The van der Waals surface area contributed by atoms with Crippen LogP contribution >= 0.6 is 0 Å². The summed E-state index contributed by atoms with van der Waals surface area (Å²) in [5.74, 6) is 0.476. The molecule has 4 heteroatoms. The molecule has 20 heavy (non-hydrogen) atoms. The molecule has 1 aromatic carbocycles. The molecule has 0 heterocycles. The van der Waals surface area contributed by atoms with Gasteiger partial charge in [0.25, 0.3) is 0 Å². The molecule has 0 bridgehead atoms. The molecule has 0 spiro atoms. The number of ether oxygens (including phenoxy) is 1. The predicted molar refractivity (Wildman–Crippen MR) is 78.6 cm³/mol. The van der Waals surface area contributed by atoms with Gasteiger partial charge in [-0.1, -0.05) is 30.5 Å². The highest BCUT2D eigenvalue weighted by Crippen LogP contribution is 2.13. The highest BCUT2D eigenvalue weighted by atomic mass is 16.5. The van der Waals surface area contributed by atoms with E-state index in [9.17, 15) is 9.59 Å². The van der Waals surface area contributed by atoms with E-state index in [1.165, 1.54) is 0 Å². The van der Waals surface area contributed by atoms with Crippen LogP contribution in [0.25, 0.3) is 0 Å². The van der Waals surface area contributed by atoms with Gasteiger partial charge in [0.15, 0.2) is 0 Å². The van der Waals surface area contributed by atoms with Crippen molar-refractivity contribution in [1.29, 1.82) is 0 Å². The number of benzene rings is 1. The quantitative estimate of drug-likeness (QED) is 0.451. The van der Waals surface area contributed by atoms with Crippen LogP contribution in [0.5, 0.6) is 5.75 Å². The Labute approximate surface area is 120 Å². The Balaban J connectivity index is 2.08. The molecule has 0 aliphatic heterocycles. The van der Waals surface area contributed by atoms with Crippen LogP contribution in [0.4, 0.5) is 0 Å². The summed E-state index contributed by atoms with van der Waals surface area (Å²) in [4.78, 5) is 22.6. The number of carbonyl (C=O) groups excluding carboxylic acids is 2. The van der Waals surface area contributed by atoms with Crippen LogP contribution in [0.15, 0.2) is 24.3 Å². The lowest BCUT2D eigenvalue weighted by molar-refractivity contribution is -0.134. The molecule has 1 N–H and O–H groups in total. The van der Waals surface area contributed by atoms with Crippen LogP contribution in [0.1, 0.15) is 44.1 Å². The molecule has 0 saturated heterocycles. The zero-order valence-electron chi connectivity index (χ0n) is 12.3. The SMILES string of the molecule is CNC(=O)CCCCCCC(=O)Oc1ccc(C)cc1. The first kappa shape index (κ1) is 16.2. The molecule has 0 radical (unpaired) electrons. The van der Waals surface area contributed by atoms with E-state index in [2.05, 4.69) is 5.32 Å². The minimum Gasteiger partial charge on any atom is -0.427 e. The second-order valence-electron chi connectivity index (χ2n) is 4.87. The number of nitrogens with one attached hydrogen (secondary N) is 1. The van der Waals surface area contributed by atoms with Crippen molar-refractivity contribution < 1.29 is 14.3 Å². The molecular weight excluding hydrogens is 254 g/mol. The minimum atomic E-state index is -0.194. The molecule has 0 saturated carbocycles. The standard InChI is InChI=1S/C16H23NO3/c1-13-9-11-14(12-10-13)20-16(19)8-6-4-3-5-7-15(18)17-2/h9-12H,3-8H2,1-2H3,(H,17,18). The number of rotatable bonds is 8. The molecule has 1 amide bonds. The van der Waals surface area contributed by atoms with Gasteiger partial charge in [-0.05, 0) is 31.9 Å². The maximum Gasteiger partial charge on any atom is 0.311 e. The van der Waals surface area contributed by atoms with Crippen LogP contribution in [0.3, 0.4) is 0 Å². The maximum atomic E-state index is 11.6. The van der Waals surface area contributed by atoms with Gasteiger partial charge >= 0.3 is 5.97 Å². The lowest BCUT2D eigenvalue weighted by Crippen LogP contribution is -2.16. The van der Waals surface area contributed by atoms with Gasteiger partial charge in [-0.3, -0.25) is 9.59 Å². The topological polar surface area (TPSA) is 55.4 Å². The van der Waals surface area contributed by atoms with Gasteiger partial charge in [-0.15, -0.1) is 0 Å². The summed E-state index contributed by atoms with van der Waals surface area (Å²) < 4.78 is 5.23. The van der Waals surface area contributed by atoms with Gasteiger partial charge in [0.05, 0.1) is 0 Å². The van der Waals surface area contributed by atoms with E-state index in [1.54, 1.807) is 19.2 Å². The van der Waals surface area contributed by atoms with Crippen LogP contribution in [0, 0.1) is 6.92 Å². The van der Waals surface area contributed by atoms with E-state index in [-0.39, 0.29) is 11.9 Å². The second-order valence-corrected chi connectivity index (χ2v) is 4.87. The van der Waals surface area contributed by atoms with Crippen molar-refractivity contribution in [3.05, 3.63) is 29.8 Å². The molecule has 110 valence electrons. The van der Waals surface area contributed by atoms with Gasteiger partial charge < -0.3 is 10.1 Å². The lowest BCUT2D eigenvalue weighted by atomic mass is 10.1. The molecule has 0 unspecified atom stereocenters. The molecule has 0 atom stereocenters. The van der Waals surface area contributed by atoms with E-state index in [0.717, 1.165) is 31.2 Å². The largest absolute Gasteiger partial charge is 0.427 e. The van der Waals surface area contributed by atoms with E-state index in [1.807, 2.05) is 19.1 Å². The summed E-state index contributed by atoms with van der Waals surface area (Å²) in [7, 11) is 1.64. The Morgan fingerprint density at radius 1 is 1.00 bits per heavy atom. The lowest BCUT2D eigenvalue weighted by Gasteiger charge is -2.04. The second kappa shape index (κ2) is 9.13. The summed E-state index contributed by atoms with van der Waals surface area (Å²) in [6, 6.07) is 7.44. The number of aryl methyl sites for hydroxylation is 1. The molecular formula is C16H23NO3. The number of esters is 1. The first-order valence-electron chi connectivity index (χ1n) is 7.09. The molecule has 0 aliphatic rings. The Kier molecular flexibility index (Phi) is 7.40. The minimum absolute atomic E-state index is 0.0729. The predicted octanol–water partition coefficient (Wildman–Crippen LogP) is 2.99. The first-order valence-corrected chi connectivity index (χ1v) is 7.09. The van der Waals surface area contributed by atoms with Crippen molar-refractivity contribution >= 4 is 11.9 Å². The van der Waals surface area contributed by atoms with Gasteiger partial charge in [-0.25, -0.2) is 0 Å². The zero-order chi connectivity index (χ0) is 14.8. The van der Waals surface area contributed by atoms with Crippen LogP contribution in [-0.4, -0.2) is 18.9 Å². The summed E-state index contributed by atoms with van der Waals surface area (Å²) in [6.45, 7) is 1.99. The third-order valence-corrected chi connectivity index (χ3v) is 3.07. The monoisotopic (exact) mass is 277 g/mol. The Bertz CT molecular complexity index is 426. The van der Waals surface area contributed by atoms with Gasteiger partial charge in [0, 0.05) is 19.9 Å². The van der Waals surface area contributed by atoms with Gasteiger partial charge in [0.1, 0.15) is 5.75 Å². The molecule has 0 aliphatic carbocycles. The van der Waals surface area contributed by atoms with Crippen molar-refractivity contribution in [3.8, 4) is 5.75 Å². The summed E-state index contributed by atoms with van der Waals surface area (Å²) in [6.07, 6.45) is 4.56. The van der Waals surface area contributed by atoms with E-state index >= 15 is 0 Å². The summed E-state index contributed by atoms with van der Waals surface area (Å²) in [5.41, 5.74) is 1.14. The zero-order valence-corrected chi connectivity index (χ0v) is 12.3. The number of unbranched alkanes of at least 4 members (excludes halogenated alkanes) is 3. The maximum absolute atomic E-state index is 11.6. The molecule has 4 nitrogen and oxygen atoms in total. The van der Waals surface area contributed by atoms with Crippen LogP contribution in [-0.2, 0) is 9.59 Å². The van der Waals surface area contributed by atoms with Crippen LogP contribution < -0.4 is 10.1 Å². The fraction of sp³-hybridized carbons (Fsp3) is 0.500. The smallest absolute Gasteiger partial charge is 0.311 e. The number of carbonyl (C=O) groups is 2. The van der Waals surface area contributed by atoms with Crippen molar-refractivity contribution in [2.24, 2.45) is 0 Å². The summed E-state index contributed by atoms with van der Waals surface area (Å²) in [5, 5.41) is 2.59. The highest BCUT2D eigenvalue weighted by molar-refractivity contribution is 5.75. The van der Waals surface area contributed by atoms with Crippen molar-refractivity contribution in [1.82, 2.24) is 5.32 Å². The Hall–Kier alpha value is -1.84. The van der Waals surface area contributed by atoms with E-state index in [4.69, 9.17) is 4.74 Å². The highest BCUT2D eigenvalue weighted by Gasteiger charge is 2.04.